The molecule has 1 amide bonds. The molecule has 3 rings (SSSR count). The van der Waals surface area contributed by atoms with Crippen LogP contribution in [0.3, 0.4) is 0 Å². The summed E-state index contributed by atoms with van der Waals surface area (Å²) in [6, 6.07) is 0.112. The standard InChI is InChI=1S/C21H24ClF8N3O/c1-32-6-8-33(9-7-32)18(2-4-19(23,24)5-3-18)12-31-17(34)16-14(21(28,29)30)10-13(11-15(16)22)20(25,26)27/h10-11H,2-9,12H2,1H3,(H,31,34). The fourth-order valence-corrected chi connectivity index (χ4v) is 4.83. The number of likely N-dealkylation sites (N-methyl/N-ethyl adjacent to an activating group) is 1. The SMILES string of the molecule is CN1CCN(C2(CNC(=O)c3c(Cl)cc(C(F)(F)F)cc3C(F)(F)F)CCC(F)(F)CC2)CC1. The predicted octanol–water partition coefficient (Wildman–Crippen LogP) is 5.30. The van der Waals surface area contributed by atoms with Gasteiger partial charge in [0.2, 0.25) is 5.92 Å². The molecule has 1 aromatic carbocycles. The highest BCUT2D eigenvalue weighted by Crippen LogP contribution is 2.43. The second-order valence-corrected chi connectivity index (χ2v) is 9.34. The number of hydrogen-bond donors (Lipinski definition) is 1. The van der Waals surface area contributed by atoms with Gasteiger partial charge < -0.3 is 10.2 Å². The van der Waals surface area contributed by atoms with Crippen molar-refractivity contribution in [2.24, 2.45) is 0 Å². The van der Waals surface area contributed by atoms with Crippen LogP contribution in [0.25, 0.3) is 0 Å². The third-order valence-electron chi connectivity index (χ3n) is 6.61. The van der Waals surface area contributed by atoms with Crippen molar-refractivity contribution in [1.29, 1.82) is 0 Å². The monoisotopic (exact) mass is 521 g/mol. The van der Waals surface area contributed by atoms with Crippen LogP contribution in [0.1, 0.15) is 47.2 Å². The maximum atomic E-state index is 13.9. The van der Waals surface area contributed by atoms with Gasteiger partial charge >= 0.3 is 12.4 Å². The first-order valence-electron chi connectivity index (χ1n) is 10.6. The van der Waals surface area contributed by atoms with E-state index in [1.54, 1.807) is 0 Å². The Kier molecular flexibility index (Phi) is 7.46. The molecule has 0 unspecified atom stereocenters. The maximum Gasteiger partial charge on any atom is 0.417 e. The van der Waals surface area contributed by atoms with Crippen LogP contribution in [0.4, 0.5) is 35.1 Å². The van der Waals surface area contributed by atoms with Gasteiger partial charge in [-0.1, -0.05) is 11.6 Å². The van der Waals surface area contributed by atoms with E-state index in [9.17, 15) is 39.9 Å². The Hall–Kier alpha value is -1.66. The summed E-state index contributed by atoms with van der Waals surface area (Å²) < 4.78 is 107. The molecule has 1 aliphatic carbocycles. The molecular formula is C21H24ClF8N3O. The van der Waals surface area contributed by atoms with E-state index in [0.29, 0.717) is 26.2 Å². The lowest BCUT2D eigenvalue weighted by Crippen LogP contribution is -2.62. The Bertz CT molecular complexity index is 901. The van der Waals surface area contributed by atoms with Gasteiger partial charge in [0.25, 0.3) is 5.91 Å². The number of benzene rings is 1. The summed E-state index contributed by atoms with van der Waals surface area (Å²) in [5.41, 5.74) is -5.48. The molecule has 1 heterocycles. The third-order valence-corrected chi connectivity index (χ3v) is 6.91. The van der Waals surface area contributed by atoms with Crippen molar-refractivity contribution in [2.45, 2.75) is 49.5 Å². The number of rotatable bonds is 4. The van der Waals surface area contributed by atoms with Gasteiger partial charge in [-0.15, -0.1) is 0 Å². The fourth-order valence-electron chi connectivity index (χ4n) is 4.52. The fraction of sp³-hybridized carbons (Fsp3) is 0.667. The molecule has 1 saturated heterocycles. The van der Waals surface area contributed by atoms with Gasteiger partial charge in [-0.05, 0) is 32.0 Å². The first-order chi connectivity index (χ1) is 15.5. The van der Waals surface area contributed by atoms with E-state index in [0.717, 1.165) is 0 Å². The molecule has 0 radical (unpaired) electrons. The minimum atomic E-state index is -5.28. The first-order valence-corrected chi connectivity index (χ1v) is 11.0. The lowest BCUT2D eigenvalue weighted by molar-refractivity contribution is -0.143. The number of nitrogens with zero attached hydrogens (tertiary/aromatic N) is 2. The second kappa shape index (κ2) is 9.42. The smallest absolute Gasteiger partial charge is 0.350 e. The Morgan fingerprint density at radius 1 is 0.971 bits per heavy atom. The lowest BCUT2D eigenvalue weighted by Gasteiger charge is -2.50. The van der Waals surface area contributed by atoms with E-state index in [2.05, 4.69) is 5.32 Å². The van der Waals surface area contributed by atoms with E-state index in [-0.39, 0.29) is 31.5 Å². The third kappa shape index (κ3) is 5.93. The van der Waals surface area contributed by atoms with Gasteiger partial charge in [0.15, 0.2) is 0 Å². The highest BCUT2D eigenvalue weighted by molar-refractivity contribution is 6.34. The largest absolute Gasteiger partial charge is 0.417 e. The number of hydrogen-bond acceptors (Lipinski definition) is 3. The number of piperazine rings is 1. The van der Waals surface area contributed by atoms with Gasteiger partial charge in [-0.3, -0.25) is 9.69 Å². The highest BCUT2D eigenvalue weighted by Gasteiger charge is 2.47. The zero-order valence-electron chi connectivity index (χ0n) is 18.2. The molecule has 0 spiro atoms. The molecule has 0 atom stereocenters. The van der Waals surface area contributed by atoms with E-state index in [1.807, 2.05) is 16.8 Å². The lowest BCUT2D eigenvalue weighted by atomic mass is 9.78. The average Bonchev–Trinajstić information content (AvgIpc) is 2.72. The molecule has 1 N–H and O–H groups in total. The zero-order valence-corrected chi connectivity index (χ0v) is 19.0. The number of halogens is 9. The summed E-state index contributed by atoms with van der Waals surface area (Å²) in [6.07, 6.45) is -11.2. The molecule has 34 heavy (non-hydrogen) atoms. The van der Waals surface area contributed by atoms with E-state index in [4.69, 9.17) is 11.6 Å². The van der Waals surface area contributed by atoms with Crippen molar-refractivity contribution in [2.75, 3.05) is 39.8 Å². The summed E-state index contributed by atoms with van der Waals surface area (Å²) in [7, 11) is 1.89. The average molecular weight is 522 g/mol. The Balaban J connectivity index is 1.89. The molecule has 1 aliphatic heterocycles. The van der Waals surface area contributed by atoms with Crippen molar-refractivity contribution in [3.8, 4) is 0 Å². The molecule has 1 aromatic rings. The molecule has 192 valence electrons. The number of amides is 1. The summed E-state index contributed by atoms with van der Waals surface area (Å²) in [5, 5.41) is 1.36. The number of nitrogens with one attached hydrogen (secondary N) is 1. The van der Waals surface area contributed by atoms with Crippen molar-refractivity contribution in [3.05, 3.63) is 33.8 Å². The Morgan fingerprint density at radius 2 is 1.53 bits per heavy atom. The van der Waals surface area contributed by atoms with Crippen LogP contribution in [0.5, 0.6) is 0 Å². The molecule has 2 fully saturated rings. The van der Waals surface area contributed by atoms with Crippen LogP contribution in [0.15, 0.2) is 12.1 Å². The van der Waals surface area contributed by atoms with Gasteiger partial charge in [-0.2, -0.15) is 26.3 Å². The van der Waals surface area contributed by atoms with E-state index < -0.39 is 64.3 Å². The Morgan fingerprint density at radius 3 is 2.03 bits per heavy atom. The minimum absolute atomic E-state index is 0.0108. The Labute approximate surface area is 196 Å². The normalized spacial score (nSPS) is 21.9. The van der Waals surface area contributed by atoms with Gasteiger partial charge in [0.1, 0.15) is 0 Å². The van der Waals surface area contributed by atoms with Gasteiger partial charge in [-0.25, -0.2) is 8.78 Å². The summed E-state index contributed by atoms with van der Waals surface area (Å²) in [5.74, 6) is -4.18. The topological polar surface area (TPSA) is 35.6 Å². The zero-order chi connectivity index (χ0) is 25.5. The van der Waals surface area contributed by atoms with Crippen LogP contribution in [-0.4, -0.2) is 66.9 Å². The highest BCUT2D eigenvalue weighted by atomic mass is 35.5. The molecule has 0 aromatic heterocycles. The van der Waals surface area contributed by atoms with Crippen LogP contribution in [0, 0.1) is 0 Å². The number of alkyl halides is 8. The molecule has 0 bridgehead atoms. The quantitative estimate of drug-likeness (QED) is 0.546. The maximum absolute atomic E-state index is 13.9. The van der Waals surface area contributed by atoms with E-state index in [1.165, 1.54) is 0 Å². The van der Waals surface area contributed by atoms with Crippen molar-refractivity contribution >= 4 is 17.5 Å². The molecular weight excluding hydrogens is 498 g/mol. The summed E-state index contributed by atoms with van der Waals surface area (Å²) >= 11 is 5.72. The van der Waals surface area contributed by atoms with Crippen molar-refractivity contribution < 1.29 is 39.9 Å². The first kappa shape index (κ1) is 26.9. The summed E-state index contributed by atoms with van der Waals surface area (Å²) in [6.45, 7) is 2.10. The number of carbonyl (C=O) groups is 1. The van der Waals surface area contributed by atoms with Crippen LogP contribution < -0.4 is 5.32 Å². The molecule has 1 saturated carbocycles. The minimum Gasteiger partial charge on any atom is -0.350 e. The summed E-state index contributed by atoms with van der Waals surface area (Å²) in [4.78, 5) is 16.8. The number of carbonyl (C=O) groups excluding carboxylic acids is 1. The predicted molar refractivity (Wildman–Crippen MR) is 109 cm³/mol. The van der Waals surface area contributed by atoms with Crippen LogP contribution in [-0.2, 0) is 12.4 Å². The van der Waals surface area contributed by atoms with Crippen LogP contribution in [0.2, 0.25) is 5.02 Å². The van der Waals surface area contributed by atoms with Gasteiger partial charge in [0, 0.05) is 51.1 Å². The molecule has 13 heteroatoms. The van der Waals surface area contributed by atoms with Crippen LogP contribution >= 0.6 is 11.6 Å². The van der Waals surface area contributed by atoms with Crippen molar-refractivity contribution in [1.82, 2.24) is 15.1 Å². The van der Waals surface area contributed by atoms with Gasteiger partial charge in [0.05, 0.1) is 21.7 Å². The molecule has 4 nitrogen and oxygen atoms in total. The molecule has 2 aliphatic rings. The second-order valence-electron chi connectivity index (χ2n) is 8.93. The van der Waals surface area contributed by atoms with E-state index >= 15 is 0 Å². The van der Waals surface area contributed by atoms with Crippen molar-refractivity contribution in [3.63, 3.8) is 0 Å².